The lowest BCUT2D eigenvalue weighted by atomic mass is 9.85. The molecule has 1 aliphatic rings. The normalized spacial score (nSPS) is 25.9. The number of aliphatic hydroxyl groups is 1. The van der Waals surface area contributed by atoms with E-state index in [1.165, 1.54) is 7.11 Å². The third-order valence-corrected chi connectivity index (χ3v) is 3.35. The van der Waals surface area contributed by atoms with Gasteiger partial charge in [-0.1, -0.05) is 12.1 Å². The zero-order chi connectivity index (χ0) is 12.5. The van der Waals surface area contributed by atoms with Gasteiger partial charge in [0.2, 0.25) is 0 Å². The van der Waals surface area contributed by atoms with Gasteiger partial charge in [-0.15, -0.1) is 0 Å². The van der Waals surface area contributed by atoms with E-state index in [4.69, 9.17) is 4.74 Å². The van der Waals surface area contributed by atoms with Gasteiger partial charge in [0.15, 0.2) is 11.6 Å². The summed E-state index contributed by atoms with van der Waals surface area (Å²) < 4.78 is 19.1. The highest BCUT2D eigenvalue weighted by atomic mass is 19.1. The molecule has 0 saturated carbocycles. The largest absolute Gasteiger partial charge is 0.494 e. The summed E-state index contributed by atoms with van der Waals surface area (Å²) in [6.45, 7) is 1.39. The van der Waals surface area contributed by atoms with E-state index in [1.807, 2.05) is 11.9 Å². The first-order chi connectivity index (χ1) is 8.07. The van der Waals surface area contributed by atoms with Crippen LogP contribution in [0.1, 0.15) is 18.4 Å². The van der Waals surface area contributed by atoms with Crippen LogP contribution in [-0.2, 0) is 5.60 Å². The Hall–Kier alpha value is -1.13. The Labute approximate surface area is 101 Å². The zero-order valence-electron chi connectivity index (χ0n) is 10.2. The first kappa shape index (κ1) is 12.3. The van der Waals surface area contributed by atoms with Gasteiger partial charge in [-0.2, -0.15) is 0 Å². The van der Waals surface area contributed by atoms with Gasteiger partial charge in [0.25, 0.3) is 0 Å². The first-order valence-corrected chi connectivity index (χ1v) is 5.81. The summed E-state index contributed by atoms with van der Waals surface area (Å²) in [5.41, 5.74) is -0.769. The number of β-amino-alcohol motifs (C(OH)–C–C–N with tert-alkyl or cyclic N) is 1. The zero-order valence-corrected chi connectivity index (χ0v) is 10.2. The second-order valence-corrected chi connectivity index (χ2v) is 4.69. The van der Waals surface area contributed by atoms with Gasteiger partial charge >= 0.3 is 0 Å². The fraction of sp³-hybridized carbons (Fsp3) is 0.538. The van der Waals surface area contributed by atoms with Crippen molar-refractivity contribution in [3.8, 4) is 5.75 Å². The number of hydrogen-bond acceptors (Lipinski definition) is 3. The molecule has 0 amide bonds. The van der Waals surface area contributed by atoms with E-state index in [0.29, 0.717) is 18.5 Å². The van der Waals surface area contributed by atoms with Crippen molar-refractivity contribution in [2.75, 3.05) is 27.2 Å². The fourth-order valence-electron chi connectivity index (χ4n) is 2.49. The van der Waals surface area contributed by atoms with E-state index in [1.54, 1.807) is 18.2 Å². The lowest BCUT2D eigenvalue weighted by Gasteiger charge is -2.38. The minimum Gasteiger partial charge on any atom is -0.494 e. The molecule has 1 saturated heterocycles. The van der Waals surface area contributed by atoms with Crippen LogP contribution < -0.4 is 4.74 Å². The van der Waals surface area contributed by atoms with Gasteiger partial charge in [0.05, 0.1) is 7.11 Å². The Morgan fingerprint density at radius 2 is 2.24 bits per heavy atom. The molecule has 2 rings (SSSR count). The Morgan fingerprint density at radius 3 is 2.88 bits per heavy atom. The lowest BCUT2D eigenvalue weighted by molar-refractivity contribution is -0.0306. The van der Waals surface area contributed by atoms with Gasteiger partial charge in [0.1, 0.15) is 5.60 Å². The highest BCUT2D eigenvalue weighted by Crippen LogP contribution is 2.35. The van der Waals surface area contributed by atoms with Crippen LogP contribution in [0, 0.1) is 5.82 Å². The molecule has 1 aromatic carbocycles. The van der Waals surface area contributed by atoms with E-state index in [0.717, 1.165) is 13.0 Å². The highest BCUT2D eigenvalue weighted by molar-refractivity contribution is 5.35. The molecule has 0 aliphatic carbocycles. The molecule has 4 heteroatoms. The van der Waals surface area contributed by atoms with Crippen LogP contribution in [0.2, 0.25) is 0 Å². The van der Waals surface area contributed by atoms with Gasteiger partial charge in [-0.05, 0) is 32.5 Å². The Morgan fingerprint density at radius 1 is 1.47 bits per heavy atom. The Bertz CT molecular complexity index is 410. The third-order valence-electron chi connectivity index (χ3n) is 3.35. The number of benzene rings is 1. The molecule has 0 bridgehead atoms. The van der Waals surface area contributed by atoms with Crippen molar-refractivity contribution in [1.29, 1.82) is 0 Å². The predicted octanol–water partition coefficient (Wildman–Crippen LogP) is 1.75. The molecule has 1 atom stereocenters. The summed E-state index contributed by atoms with van der Waals surface area (Å²) in [5, 5.41) is 10.6. The second kappa shape index (κ2) is 4.63. The molecule has 0 radical (unpaired) electrons. The SMILES string of the molecule is COc1cccc(C2(O)CCCN(C)C2)c1F. The quantitative estimate of drug-likeness (QED) is 0.853. The topological polar surface area (TPSA) is 32.7 Å². The molecule has 17 heavy (non-hydrogen) atoms. The standard InChI is InChI=1S/C13H18FNO2/c1-15-8-4-7-13(16,9-15)10-5-3-6-11(17-2)12(10)14/h3,5-6,16H,4,7-9H2,1-2H3. The smallest absolute Gasteiger partial charge is 0.171 e. The Kier molecular flexibility index (Phi) is 3.35. The van der Waals surface area contributed by atoms with Crippen molar-refractivity contribution < 1.29 is 14.2 Å². The van der Waals surface area contributed by atoms with Gasteiger partial charge in [-0.3, -0.25) is 0 Å². The van der Waals surface area contributed by atoms with Crippen molar-refractivity contribution >= 4 is 0 Å². The molecule has 1 heterocycles. The van der Waals surface area contributed by atoms with Crippen LogP contribution in [0.3, 0.4) is 0 Å². The van der Waals surface area contributed by atoms with Gasteiger partial charge in [0, 0.05) is 12.1 Å². The van der Waals surface area contributed by atoms with E-state index < -0.39 is 11.4 Å². The number of likely N-dealkylation sites (tertiary alicyclic amines) is 1. The van der Waals surface area contributed by atoms with E-state index in [2.05, 4.69) is 0 Å². The fourth-order valence-corrected chi connectivity index (χ4v) is 2.49. The molecule has 1 N–H and O–H groups in total. The number of hydrogen-bond donors (Lipinski definition) is 1. The van der Waals surface area contributed by atoms with Crippen LogP contribution in [0.4, 0.5) is 4.39 Å². The van der Waals surface area contributed by atoms with E-state index >= 15 is 0 Å². The lowest BCUT2D eigenvalue weighted by Crippen LogP contribution is -2.44. The van der Waals surface area contributed by atoms with Crippen LogP contribution in [0.25, 0.3) is 0 Å². The molecule has 0 spiro atoms. The highest BCUT2D eigenvalue weighted by Gasteiger charge is 2.36. The number of piperidine rings is 1. The number of methoxy groups -OCH3 is 1. The number of ether oxygens (including phenoxy) is 1. The van der Waals surface area contributed by atoms with Crippen molar-refractivity contribution in [2.45, 2.75) is 18.4 Å². The molecular formula is C13H18FNO2. The summed E-state index contributed by atoms with van der Waals surface area (Å²) in [5.74, 6) is -0.267. The summed E-state index contributed by atoms with van der Waals surface area (Å²) in [6.07, 6.45) is 1.45. The molecule has 1 fully saturated rings. The van der Waals surface area contributed by atoms with Gasteiger partial charge < -0.3 is 14.7 Å². The minimum absolute atomic E-state index is 0.184. The second-order valence-electron chi connectivity index (χ2n) is 4.69. The van der Waals surface area contributed by atoms with Crippen LogP contribution in [0.5, 0.6) is 5.75 Å². The monoisotopic (exact) mass is 239 g/mol. The van der Waals surface area contributed by atoms with Gasteiger partial charge in [-0.25, -0.2) is 4.39 Å². The number of halogens is 1. The maximum atomic E-state index is 14.1. The van der Waals surface area contributed by atoms with Crippen LogP contribution >= 0.6 is 0 Å². The summed E-state index contributed by atoms with van der Waals surface area (Å²) in [6, 6.07) is 4.91. The minimum atomic E-state index is -1.11. The maximum absolute atomic E-state index is 14.1. The summed E-state index contributed by atoms with van der Waals surface area (Å²) in [4.78, 5) is 2.02. The first-order valence-electron chi connectivity index (χ1n) is 5.81. The van der Waals surface area contributed by atoms with E-state index in [9.17, 15) is 9.50 Å². The summed E-state index contributed by atoms with van der Waals surface area (Å²) in [7, 11) is 3.36. The van der Waals surface area contributed by atoms with Crippen molar-refractivity contribution in [3.05, 3.63) is 29.6 Å². The molecule has 1 aliphatic heterocycles. The summed E-state index contributed by atoms with van der Waals surface area (Å²) >= 11 is 0. The van der Waals surface area contributed by atoms with Crippen molar-refractivity contribution in [1.82, 2.24) is 4.90 Å². The third kappa shape index (κ3) is 2.28. The van der Waals surface area contributed by atoms with E-state index in [-0.39, 0.29) is 5.75 Å². The number of nitrogens with zero attached hydrogens (tertiary/aromatic N) is 1. The predicted molar refractivity (Wildman–Crippen MR) is 63.6 cm³/mol. The molecule has 0 aromatic heterocycles. The average Bonchev–Trinajstić information content (AvgIpc) is 2.28. The Balaban J connectivity index is 2.38. The molecule has 94 valence electrons. The average molecular weight is 239 g/mol. The molecule has 1 aromatic rings. The van der Waals surface area contributed by atoms with Crippen molar-refractivity contribution in [2.24, 2.45) is 0 Å². The maximum Gasteiger partial charge on any atom is 0.171 e. The van der Waals surface area contributed by atoms with Crippen molar-refractivity contribution in [3.63, 3.8) is 0 Å². The molecular weight excluding hydrogens is 221 g/mol. The molecule has 1 unspecified atom stereocenters. The number of rotatable bonds is 2. The van der Waals surface area contributed by atoms with Crippen LogP contribution in [0.15, 0.2) is 18.2 Å². The van der Waals surface area contributed by atoms with Crippen LogP contribution in [-0.4, -0.2) is 37.3 Å². The number of likely N-dealkylation sites (N-methyl/N-ethyl adjacent to an activating group) is 1. The molecule has 3 nitrogen and oxygen atoms in total.